The second-order valence-electron chi connectivity index (χ2n) is 9.72. The standard InChI is InChI=1S/C29H37F2N7O2/c1-4-14-32-27-21(19-34-29(36-27)35-24-12-8-11-22(30)17-24)10-6-5-7-15-33-28(40)25-18-23(31)20-38(25)26(39)13-9-16-37(2)3/h8-9,11-13,17,19,23,25H,4-5,7,14-16,18,20H2,1-3H3,(H,33,40)(H2,32,34,35,36)/b13-9+/t23-,25+/m1/s1. The van der Waals surface area contributed by atoms with Crippen LogP contribution in [0, 0.1) is 17.7 Å². The van der Waals surface area contributed by atoms with Crippen molar-refractivity contribution >= 4 is 29.3 Å². The van der Waals surface area contributed by atoms with Gasteiger partial charge in [-0.25, -0.2) is 13.8 Å². The molecule has 9 nitrogen and oxygen atoms in total. The average Bonchev–Trinajstić information content (AvgIpc) is 3.31. The van der Waals surface area contributed by atoms with E-state index in [0.717, 1.165) is 6.42 Å². The molecule has 3 N–H and O–H groups in total. The van der Waals surface area contributed by atoms with Crippen molar-refractivity contribution in [2.24, 2.45) is 0 Å². The third-order valence-electron chi connectivity index (χ3n) is 5.98. The van der Waals surface area contributed by atoms with E-state index in [1.165, 1.54) is 23.1 Å². The normalized spacial score (nSPS) is 16.6. The molecule has 1 aromatic heterocycles. The van der Waals surface area contributed by atoms with Crippen molar-refractivity contribution in [2.75, 3.05) is 50.9 Å². The SMILES string of the molecule is CCCNc1nc(Nc2cccc(F)c2)ncc1C#CCCCNC(=O)[C@@H]1C[C@@H](F)CN1C(=O)/C=C/CN(C)C. The number of carbonyl (C=O) groups is 2. The molecule has 2 atom stereocenters. The second kappa shape index (κ2) is 15.5. The Morgan fingerprint density at radius 3 is 2.85 bits per heavy atom. The molecule has 1 aliphatic heterocycles. The van der Waals surface area contributed by atoms with Gasteiger partial charge in [0.1, 0.15) is 23.8 Å². The summed E-state index contributed by atoms with van der Waals surface area (Å²) in [5.41, 5.74) is 1.16. The number of amides is 2. The van der Waals surface area contributed by atoms with Crippen LogP contribution in [0.2, 0.25) is 0 Å². The summed E-state index contributed by atoms with van der Waals surface area (Å²) in [4.78, 5) is 37.1. The molecule has 2 aromatic rings. The maximum atomic E-state index is 14.0. The van der Waals surface area contributed by atoms with E-state index >= 15 is 0 Å². The van der Waals surface area contributed by atoms with E-state index in [1.807, 2.05) is 25.9 Å². The minimum absolute atomic E-state index is 0.00347. The molecule has 2 amide bonds. The number of benzene rings is 1. The van der Waals surface area contributed by atoms with Gasteiger partial charge in [-0.05, 0) is 45.1 Å². The lowest BCUT2D eigenvalue weighted by Gasteiger charge is -2.22. The summed E-state index contributed by atoms with van der Waals surface area (Å²) in [6, 6.07) is 5.22. The summed E-state index contributed by atoms with van der Waals surface area (Å²) in [6.45, 7) is 3.59. The summed E-state index contributed by atoms with van der Waals surface area (Å²) in [5.74, 6) is 5.96. The van der Waals surface area contributed by atoms with E-state index in [2.05, 4.69) is 37.8 Å². The molecule has 1 aromatic carbocycles. The highest BCUT2D eigenvalue weighted by Crippen LogP contribution is 2.21. The lowest BCUT2D eigenvalue weighted by Crippen LogP contribution is -2.45. The van der Waals surface area contributed by atoms with Gasteiger partial charge in [-0.2, -0.15) is 4.98 Å². The van der Waals surface area contributed by atoms with Gasteiger partial charge in [0, 0.05) is 44.2 Å². The number of halogens is 2. The van der Waals surface area contributed by atoms with Crippen molar-refractivity contribution < 1.29 is 18.4 Å². The molecule has 214 valence electrons. The highest BCUT2D eigenvalue weighted by molar-refractivity contribution is 5.93. The fourth-order valence-corrected chi connectivity index (χ4v) is 4.01. The fourth-order valence-electron chi connectivity index (χ4n) is 4.01. The Morgan fingerprint density at radius 1 is 1.27 bits per heavy atom. The zero-order chi connectivity index (χ0) is 28.9. The molecule has 0 spiro atoms. The molecule has 11 heteroatoms. The first kappa shape index (κ1) is 30.5. The summed E-state index contributed by atoms with van der Waals surface area (Å²) < 4.78 is 27.5. The van der Waals surface area contributed by atoms with E-state index < -0.39 is 12.2 Å². The van der Waals surface area contributed by atoms with E-state index in [0.29, 0.717) is 55.5 Å². The molecule has 0 radical (unpaired) electrons. The number of nitrogens with one attached hydrogen (secondary N) is 3. The molecule has 40 heavy (non-hydrogen) atoms. The van der Waals surface area contributed by atoms with Crippen LogP contribution in [-0.4, -0.2) is 84.1 Å². The molecular weight excluding hydrogens is 516 g/mol. The minimum atomic E-state index is -1.22. The number of hydrogen-bond acceptors (Lipinski definition) is 7. The molecule has 0 saturated carbocycles. The van der Waals surface area contributed by atoms with Gasteiger partial charge in [0.25, 0.3) is 0 Å². The highest BCUT2D eigenvalue weighted by atomic mass is 19.1. The molecule has 2 heterocycles. The van der Waals surface area contributed by atoms with Gasteiger partial charge >= 0.3 is 0 Å². The molecule has 3 rings (SSSR count). The lowest BCUT2D eigenvalue weighted by atomic mass is 10.2. The molecule has 0 bridgehead atoms. The zero-order valence-corrected chi connectivity index (χ0v) is 23.2. The van der Waals surface area contributed by atoms with Crippen molar-refractivity contribution in [2.45, 2.75) is 44.8 Å². The lowest BCUT2D eigenvalue weighted by molar-refractivity contribution is -0.135. The Morgan fingerprint density at radius 2 is 2.10 bits per heavy atom. The van der Waals surface area contributed by atoms with Crippen LogP contribution in [0.25, 0.3) is 0 Å². The number of anilines is 3. The van der Waals surface area contributed by atoms with Crippen LogP contribution in [0.4, 0.5) is 26.2 Å². The number of hydrogen-bond donors (Lipinski definition) is 3. The Kier molecular flexibility index (Phi) is 11.8. The largest absolute Gasteiger partial charge is 0.369 e. The Bertz CT molecular complexity index is 1240. The van der Waals surface area contributed by atoms with Crippen LogP contribution in [0.1, 0.15) is 38.2 Å². The van der Waals surface area contributed by atoms with Gasteiger partial charge in [0.05, 0.1) is 18.3 Å². The predicted molar refractivity (Wildman–Crippen MR) is 152 cm³/mol. The van der Waals surface area contributed by atoms with Crippen molar-refractivity contribution in [3.63, 3.8) is 0 Å². The maximum absolute atomic E-state index is 14.0. The van der Waals surface area contributed by atoms with Crippen LogP contribution in [-0.2, 0) is 9.59 Å². The minimum Gasteiger partial charge on any atom is -0.369 e. The van der Waals surface area contributed by atoms with Crippen LogP contribution < -0.4 is 16.0 Å². The summed E-state index contributed by atoms with van der Waals surface area (Å²) in [7, 11) is 3.76. The summed E-state index contributed by atoms with van der Waals surface area (Å²) in [5, 5.41) is 9.03. The number of likely N-dealkylation sites (N-methyl/N-ethyl adjacent to an activating group) is 1. The first-order valence-corrected chi connectivity index (χ1v) is 13.4. The molecule has 1 aliphatic rings. The van der Waals surface area contributed by atoms with Gasteiger partial charge in [-0.1, -0.05) is 30.9 Å². The second-order valence-corrected chi connectivity index (χ2v) is 9.72. The maximum Gasteiger partial charge on any atom is 0.247 e. The van der Waals surface area contributed by atoms with E-state index in [4.69, 9.17) is 0 Å². The van der Waals surface area contributed by atoms with Crippen molar-refractivity contribution in [3.05, 3.63) is 54.0 Å². The Labute approximate surface area is 234 Å². The number of unbranched alkanes of at least 4 members (excludes halogenated alkanes) is 1. The van der Waals surface area contributed by atoms with E-state index in [1.54, 1.807) is 24.4 Å². The summed E-state index contributed by atoms with van der Waals surface area (Å²) in [6.07, 6.45) is 5.45. The van der Waals surface area contributed by atoms with Crippen LogP contribution in [0.15, 0.2) is 42.6 Å². The Hall–Kier alpha value is -4.04. The first-order chi connectivity index (χ1) is 19.3. The van der Waals surface area contributed by atoms with Gasteiger partial charge in [0.2, 0.25) is 17.8 Å². The predicted octanol–water partition coefficient (Wildman–Crippen LogP) is 3.49. The number of aromatic nitrogens is 2. The van der Waals surface area contributed by atoms with Crippen LogP contribution in [0.3, 0.4) is 0 Å². The van der Waals surface area contributed by atoms with Gasteiger partial charge < -0.3 is 25.8 Å². The Balaban J connectivity index is 1.52. The van der Waals surface area contributed by atoms with Crippen LogP contribution in [0.5, 0.6) is 0 Å². The van der Waals surface area contributed by atoms with Gasteiger partial charge in [-0.3, -0.25) is 9.59 Å². The number of nitrogens with zero attached hydrogens (tertiary/aromatic N) is 4. The van der Waals surface area contributed by atoms with Crippen molar-refractivity contribution in [1.29, 1.82) is 0 Å². The zero-order valence-electron chi connectivity index (χ0n) is 23.2. The number of likely N-dealkylation sites (tertiary alicyclic amines) is 1. The molecule has 1 fully saturated rings. The molecular formula is C29H37F2N7O2. The fraction of sp³-hybridized carbons (Fsp3) is 0.448. The quantitative estimate of drug-likeness (QED) is 0.210. The highest BCUT2D eigenvalue weighted by Gasteiger charge is 2.38. The number of carbonyl (C=O) groups excluding carboxylic acids is 2. The topological polar surface area (TPSA) is 102 Å². The monoisotopic (exact) mass is 553 g/mol. The molecule has 0 aliphatic carbocycles. The van der Waals surface area contributed by atoms with Crippen molar-refractivity contribution in [3.8, 4) is 11.8 Å². The third-order valence-corrected chi connectivity index (χ3v) is 5.98. The average molecular weight is 554 g/mol. The molecule has 1 saturated heterocycles. The van der Waals surface area contributed by atoms with Crippen molar-refractivity contribution in [1.82, 2.24) is 25.1 Å². The van der Waals surface area contributed by atoms with E-state index in [9.17, 15) is 18.4 Å². The number of alkyl halides is 1. The number of rotatable bonds is 12. The molecule has 0 unspecified atom stereocenters. The smallest absolute Gasteiger partial charge is 0.247 e. The van der Waals surface area contributed by atoms with Gasteiger partial charge in [0.15, 0.2) is 0 Å². The third kappa shape index (κ3) is 9.61. The van der Waals surface area contributed by atoms with Crippen LogP contribution >= 0.6 is 0 Å². The van der Waals surface area contributed by atoms with E-state index in [-0.39, 0.29) is 30.6 Å². The first-order valence-electron chi connectivity index (χ1n) is 13.4. The van der Waals surface area contributed by atoms with Gasteiger partial charge in [-0.15, -0.1) is 0 Å². The summed E-state index contributed by atoms with van der Waals surface area (Å²) >= 11 is 0.